The van der Waals surface area contributed by atoms with Crippen LogP contribution in [0.4, 0.5) is 0 Å². The Morgan fingerprint density at radius 2 is 2.00 bits per heavy atom. The number of carbonyl (C=O) groups is 1. The van der Waals surface area contributed by atoms with Gasteiger partial charge in [0.15, 0.2) is 11.5 Å². The molecule has 108 valence electrons. The molecule has 1 aliphatic rings. The number of hydrogen-bond acceptors (Lipinski definition) is 4. The van der Waals surface area contributed by atoms with E-state index in [2.05, 4.69) is 5.32 Å². The average Bonchev–Trinajstić information content (AvgIpc) is 2.92. The van der Waals surface area contributed by atoms with Gasteiger partial charge in [0.05, 0.1) is 0 Å². The molecule has 0 unspecified atom stereocenters. The summed E-state index contributed by atoms with van der Waals surface area (Å²) in [4.78, 5) is 12.1. The van der Waals surface area contributed by atoms with E-state index >= 15 is 0 Å². The van der Waals surface area contributed by atoms with Crippen molar-refractivity contribution in [2.75, 3.05) is 6.79 Å². The SMILES string of the molecule is Cc1cc(O)ccc1C(=O)NCc1ccc2c(c1)OCO2. The second-order valence-corrected chi connectivity index (χ2v) is 4.87. The highest BCUT2D eigenvalue weighted by molar-refractivity contribution is 5.95. The normalized spacial score (nSPS) is 12.2. The predicted molar refractivity (Wildman–Crippen MR) is 76.6 cm³/mol. The number of aromatic hydroxyl groups is 1. The molecular formula is C16H15NO4. The number of rotatable bonds is 3. The van der Waals surface area contributed by atoms with E-state index in [0.29, 0.717) is 17.9 Å². The Labute approximate surface area is 122 Å². The Morgan fingerprint density at radius 3 is 2.81 bits per heavy atom. The van der Waals surface area contributed by atoms with Crippen LogP contribution in [0.25, 0.3) is 0 Å². The first-order valence-electron chi connectivity index (χ1n) is 6.60. The van der Waals surface area contributed by atoms with Gasteiger partial charge in [-0.15, -0.1) is 0 Å². The molecule has 5 nitrogen and oxygen atoms in total. The van der Waals surface area contributed by atoms with E-state index in [4.69, 9.17) is 9.47 Å². The first-order valence-corrected chi connectivity index (χ1v) is 6.60. The molecule has 2 N–H and O–H groups in total. The van der Waals surface area contributed by atoms with Gasteiger partial charge in [-0.05, 0) is 48.4 Å². The van der Waals surface area contributed by atoms with Gasteiger partial charge in [-0.25, -0.2) is 0 Å². The fraction of sp³-hybridized carbons (Fsp3) is 0.188. The van der Waals surface area contributed by atoms with Crippen LogP contribution in [0.1, 0.15) is 21.5 Å². The summed E-state index contributed by atoms with van der Waals surface area (Å²) in [6.45, 7) is 2.42. The van der Waals surface area contributed by atoms with Gasteiger partial charge in [-0.1, -0.05) is 6.07 Å². The zero-order chi connectivity index (χ0) is 14.8. The largest absolute Gasteiger partial charge is 0.508 e. The van der Waals surface area contributed by atoms with Crippen molar-refractivity contribution in [3.05, 3.63) is 53.1 Å². The predicted octanol–water partition coefficient (Wildman–Crippen LogP) is 2.36. The quantitative estimate of drug-likeness (QED) is 0.908. The highest BCUT2D eigenvalue weighted by atomic mass is 16.7. The third-order valence-corrected chi connectivity index (χ3v) is 3.34. The lowest BCUT2D eigenvalue weighted by atomic mass is 10.1. The maximum atomic E-state index is 12.1. The minimum Gasteiger partial charge on any atom is -0.508 e. The summed E-state index contributed by atoms with van der Waals surface area (Å²) in [5.41, 5.74) is 2.22. The van der Waals surface area contributed by atoms with Crippen LogP contribution < -0.4 is 14.8 Å². The maximum Gasteiger partial charge on any atom is 0.251 e. The molecule has 1 heterocycles. The van der Waals surface area contributed by atoms with Gasteiger partial charge < -0.3 is 19.9 Å². The number of aryl methyl sites for hydroxylation is 1. The van der Waals surface area contributed by atoms with E-state index in [0.717, 1.165) is 16.9 Å². The summed E-state index contributed by atoms with van der Waals surface area (Å²) < 4.78 is 10.5. The maximum absolute atomic E-state index is 12.1. The molecule has 0 radical (unpaired) electrons. The molecule has 0 atom stereocenters. The number of ether oxygens (including phenoxy) is 2. The van der Waals surface area contributed by atoms with E-state index in [1.165, 1.54) is 6.07 Å². The van der Waals surface area contributed by atoms with Gasteiger partial charge in [0.25, 0.3) is 5.91 Å². The molecule has 21 heavy (non-hydrogen) atoms. The summed E-state index contributed by atoms with van der Waals surface area (Å²) >= 11 is 0. The molecular weight excluding hydrogens is 270 g/mol. The van der Waals surface area contributed by atoms with Gasteiger partial charge >= 0.3 is 0 Å². The van der Waals surface area contributed by atoms with Crippen molar-refractivity contribution in [3.8, 4) is 17.2 Å². The van der Waals surface area contributed by atoms with Crippen LogP contribution in [-0.4, -0.2) is 17.8 Å². The van der Waals surface area contributed by atoms with Crippen molar-refractivity contribution < 1.29 is 19.4 Å². The average molecular weight is 285 g/mol. The van der Waals surface area contributed by atoms with Crippen LogP contribution in [0.5, 0.6) is 17.2 Å². The zero-order valence-corrected chi connectivity index (χ0v) is 11.6. The molecule has 1 amide bonds. The molecule has 2 aromatic carbocycles. The van der Waals surface area contributed by atoms with Gasteiger partial charge in [0.1, 0.15) is 5.75 Å². The lowest BCUT2D eigenvalue weighted by Gasteiger charge is -2.08. The van der Waals surface area contributed by atoms with Crippen molar-refractivity contribution in [2.24, 2.45) is 0 Å². The van der Waals surface area contributed by atoms with Crippen LogP contribution >= 0.6 is 0 Å². The van der Waals surface area contributed by atoms with Crippen LogP contribution in [0.2, 0.25) is 0 Å². The number of carbonyl (C=O) groups excluding carboxylic acids is 1. The van der Waals surface area contributed by atoms with Crippen molar-refractivity contribution in [1.29, 1.82) is 0 Å². The van der Waals surface area contributed by atoms with Gasteiger partial charge in [0, 0.05) is 12.1 Å². The number of benzene rings is 2. The highest BCUT2D eigenvalue weighted by Gasteiger charge is 2.14. The lowest BCUT2D eigenvalue weighted by molar-refractivity contribution is 0.0950. The lowest BCUT2D eigenvalue weighted by Crippen LogP contribution is -2.23. The van der Waals surface area contributed by atoms with Crippen LogP contribution in [0.3, 0.4) is 0 Å². The zero-order valence-electron chi connectivity index (χ0n) is 11.6. The molecule has 0 aliphatic carbocycles. The molecule has 0 saturated carbocycles. The Bertz CT molecular complexity index is 697. The van der Waals surface area contributed by atoms with E-state index in [9.17, 15) is 9.90 Å². The molecule has 0 aromatic heterocycles. The molecule has 0 spiro atoms. The molecule has 0 bridgehead atoms. The first-order chi connectivity index (χ1) is 10.1. The second-order valence-electron chi connectivity index (χ2n) is 4.87. The minimum atomic E-state index is -0.176. The summed E-state index contributed by atoms with van der Waals surface area (Å²) in [6.07, 6.45) is 0. The molecule has 0 saturated heterocycles. The number of amides is 1. The van der Waals surface area contributed by atoms with E-state index in [1.807, 2.05) is 18.2 Å². The smallest absolute Gasteiger partial charge is 0.251 e. The Morgan fingerprint density at radius 1 is 1.19 bits per heavy atom. The van der Waals surface area contributed by atoms with Crippen LogP contribution in [0.15, 0.2) is 36.4 Å². The fourth-order valence-electron chi connectivity index (χ4n) is 2.23. The summed E-state index contributed by atoms with van der Waals surface area (Å²) in [5, 5.41) is 12.2. The second kappa shape index (κ2) is 5.36. The standard InChI is InChI=1S/C16H15NO4/c1-10-6-12(18)3-4-13(10)16(19)17-8-11-2-5-14-15(7-11)21-9-20-14/h2-7,18H,8-9H2,1H3,(H,17,19). The fourth-order valence-corrected chi connectivity index (χ4v) is 2.23. The molecule has 3 rings (SSSR count). The first kappa shape index (κ1) is 13.3. The number of fused-ring (bicyclic) bond motifs is 1. The highest BCUT2D eigenvalue weighted by Crippen LogP contribution is 2.32. The minimum absolute atomic E-state index is 0.153. The third-order valence-electron chi connectivity index (χ3n) is 3.34. The van der Waals surface area contributed by atoms with E-state index < -0.39 is 0 Å². The van der Waals surface area contributed by atoms with Crippen molar-refractivity contribution in [2.45, 2.75) is 13.5 Å². The number of hydrogen-bond donors (Lipinski definition) is 2. The third kappa shape index (κ3) is 2.76. The van der Waals surface area contributed by atoms with Crippen LogP contribution in [0, 0.1) is 6.92 Å². The topological polar surface area (TPSA) is 67.8 Å². The van der Waals surface area contributed by atoms with Gasteiger partial charge in [-0.2, -0.15) is 0 Å². The number of phenolic OH excluding ortho intramolecular Hbond substituents is 1. The van der Waals surface area contributed by atoms with Crippen LogP contribution in [-0.2, 0) is 6.54 Å². The summed E-state index contributed by atoms with van der Waals surface area (Å²) in [6, 6.07) is 10.2. The van der Waals surface area contributed by atoms with Gasteiger partial charge in [-0.3, -0.25) is 4.79 Å². The van der Waals surface area contributed by atoms with E-state index in [1.54, 1.807) is 19.1 Å². The van der Waals surface area contributed by atoms with E-state index in [-0.39, 0.29) is 18.4 Å². The number of nitrogens with one attached hydrogen (secondary N) is 1. The summed E-state index contributed by atoms with van der Waals surface area (Å²) in [5.74, 6) is 1.40. The Kier molecular flexibility index (Phi) is 3.39. The van der Waals surface area contributed by atoms with Crippen molar-refractivity contribution in [3.63, 3.8) is 0 Å². The molecule has 1 aliphatic heterocycles. The molecule has 0 fully saturated rings. The summed E-state index contributed by atoms with van der Waals surface area (Å²) in [7, 11) is 0. The van der Waals surface area contributed by atoms with Crippen molar-refractivity contribution >= 4 is 5.91 Å². The Balaban J connectivity index is 1.68. The van der Waals surface area contributed by atoms with Crippen molar-refractivity contribution in [1.82, 2.24) is 5.32 Å². The van der Waals surface area contributed by atoms with Gasteiger partial charge in [0.2, 0.25) is 6.79 Å². The monoisotopic (exact) mass is 285 g/mol. The molecule has 2 aromatic rings. The number of phenols is 1. The molecule has 5 heteroatoms. The Hall–Kier alpha value is -2.69.